The van der Waals surface area contributed by atoms with Gasteiger partial charge in [0.2, 0.25) is 0 Å². The maximum absolute atomic E-state index is 12.6. The minimum atomic E-state index is -0.488. The number of hydrogen-bond donors (Lipinski definition) is 2. The first-order valence-corrected chi connectivity index (χ1v) is 9.21. The van der Waals surface area contributed by atoms with Crippen molar-refractivity contribution in [2.75, 3.05) is 20.8 Å². The van der Waals surface area contributed by atoms with Gasteiger partial charge in [-0.1, -0.05) is 30.3 Å². The summed E-state index contributed by atoms with van der Waals surface area (Å²) in [6.07, 6.45) is 2.90. The number of nitrogens with two attached hydrogens (primary N) is 1. The van der Waals surface area contributed by atoms with Crippen molar-refractivity contribution in [3.8, 4) is 11.5 Å². The summed E-state index contributed by atoms with van der Waals surface area (Å²) >= 11 is 0. The van der Waals surface area contributed by atoms with Crippen LogP contribution in [0.3, 0.4) is 0 Å². The third-order valence-electron chi connectivity index (χ3n) is 3.77. The van der Waals surface area contributed by atoms with Crippen LogP contribution in [0, 0.1) is 0 Å². The highest BCUT2D eigenvalue weighted by atomic mass is 16.5. The normalized spacial score (nSPS) is 12.6. The molecule has 0 heterocycles. The third-order valence-corrected chi connectivity index (χ3v) is 3.77. The van der Waals surface area contributed by atoms with E-state index in [0.717, 1.165) is 5.56 Å². The van der Waals surface area contributed by atoms with Crippen molar-refractivity contribution in [2.45, 2.75) is 19.6 Å². The summed E-state index contributed by atoms with van der Waals surface area (Å²) in [5.74, 6) is 0.592. The van der Waals surface area contributed by atoms with Crippen LogP contribution in [-0.2, 0) is 11.3 Å². The molecular formula is C22H27N3O4. The molecule has 0 spiro atoms. The summed E-state index contributed by atoms with van der Waals surface area (Å²) in [5.41, 5.74) is 7.08. The van der Waals surface area contributed by atoms with Gasteiger partial charge in [0.25, 0.3) is 5.91 Å². The molecule has 1 amide bonds. The van der Waals surface area contributed by atoms with Gasteiger partial charge < -0.3 is 25.3 Å². The number of carbonyl (C=O) groups excluding carboxylic acids is 1. The average Bonchev–Trinajstić information content (AvgIpc) is 2.71. The van der Waals surface area contributed by atoms with Crippen molar-refractivity contribution in [2.24, 2.45) is 10.7 Å². The zero-order valence-electron chi connectivity index (χ0n) is 16.9. The molecule has 154 valence electrons. The highest BCUT2D eigenvalue weighted by Crippen LogP contribution is 2.25. The fourth-order valence-corrected chi connectivity index (χ4v) is 2.48. The van der Waals surface area contributed by atoms with Crippen molar-refractivity contribution in [3.63, 3.8) is 0 Å². The Balaban J connectivity index is 2.25. The molecule has 0 radical (unpaired) electrons. The predicted octanol–water partition coefficient (Wildman–Crippen LogP) is 2.91. The Labute approximate surface area is 171 Å². The molecule has 7 nitrogen and oxygen atoms in total. The van der Waals surface area contributed by atoms with Crippen LogP contribution in [-0.4, -0.2) is 38.6 Å². The number of benzene rings is 2. The maximum atomic E-state index is 12.6. The smallest absolute Gasteiger partial charge is 0.279 e. The Hall–Kier alpha value is -3.32. The minimum absolute atomic E-state index is 0.0928. The van der Waals surface area contributed by atoms with Crippen LogP contribution >= 0.6 is 0 Å². The van der Waals surface area contributed by atoms with Gasteiger partial charge in [-0.3, -0.25) is 4.79 Å². The van der Waals surface area contributed by atoms with Crippen LogP contribution < -0.4 is 20.5 Å². The van der Waals surface area contributed by atoms with Crippen LogP contribution in [0.2, 0.25) is 0 Å². The van der Waals surface area contributed by atoms with Gasteiger partial charge in [0.15, 0.2) is 0 Å². The number of nitrogens with one attached hydrogen (secondary N) is 1. The summed E-state index contributed by atoms with van der Waals surface area (Å²) < 4.78 is 16.8. The summed E-state index contributed by atoms with van der Waals surface area (Å²) in [5, 5.41) is 2.79. The lowest BCUT2D eigenvalue weighted by Crippen LogP contribution is -2.18. The van der Waals surface area contributed by atoms with E-state index in [2.05, 4.69) is 10.3 Å². The molecule has 0 aliphatic heterocycles. The highest BCUT2D eigenvalue weighted by molar-refractivity contribution is 6.06. The largest absolute Gasteiger partial charge is 0.489 e. The van der Waals surface area contributed by atoms with E-state index in [4.69, 9.17) is 19.9 Å². The number of hydrogen-bond acceptors (Lipinski definition) is 5. The zero-order valence-corrected chi connectivity index (χ0v) is 16.9. The van der Waals surface area contributed by atoms with E-state index in [1.165, 1.54) is 6.08 Å². The Morgan fingerprint density at radius 3 is 2.62 bits per heavy atom. The van der Waals surface area contributed by atoms with Crippen molar-refractivity contribution in [3.05, 3.63) is 71.9 Å². The Morgan fingerprint density at radius 2 is 1.93 bits per heavy atom. The Bertz CT molecular complexity index is 850. The molecule has 1 atom stereocenters. The van der Waals surface area contributed by atoms with Gasteiger partial charge in [-0.05, 0) is 36.9 Å². The van der Waals surface area contributed by atoms with E-state index in [-0.39, 0.29) is 11.9 Å². The minimum Gasteiger partial charge on any atom is -0.489 e. The lowest BCUT2D eigenvalue weighted by Gasteiger charge is -2.16. The van der Waals surface area contributed by atoms with Crippen molar-refractivity contribution < 1.29 is 19.0 Å². The molecule has 3 N–H and O–H groups in total. The summed E-state index contributed by atoms with van der Waals surface area (Å²) in [6, 6.07) is 14.7. The van der Waals surface area contributed by atoms with Crippen LogP contribution in [0.15, 0.2) is 65.8 Å². The molecule has 2 aromatic carbocycles. The van der Waals surface area contributed by atoms with E-state index in [9.17, 15) is 4.79 Å². The van der Waals surface area contributed by atoms with Crippen LogP contribution in [0.1, 0.15) is 22.8 Å². The molecule has 7 heteroatoms. The van der Waals surface area contributed by atoms with E-state index >= 15 is 0 Å². The number of aliphatic imine (C=N–C) groups is 1. The SMILES string of the molecule is CN/C=C\C(N)=NC(=O)c1cc(OCc2ccccc2)cc(O[C@@H](C)COC)c1. The molecule has 0 saturated carbocycles. The van der Waals surface area contributed by atoms with Gasteiger partial charge in [0, 0.05) is 25.8 Å². The second-order valence-corrected chi connectivity index (χ2v) is 6.32. The molecule has 0 unspecified atom stereocenters. The van der Waals surface area contributed by atoms with Gasteiger partial charge in [-0.2, -0.15) is 4.99 Å². The number of methoxy groups -OCH3 is 1. The Kier molecular flexibility index (Phi) is 8.72. The van der Waals surface area contributed by atoms with Crippen molar-refractivity contribution in [1.29, 1.82) is 0 Å². The monoisotopic (exact) mass is 397 g/mol. The first-order valence-electron chi connectivity index (χ1n) is 9.21. The fourth-order valence-electron chi connectivity index (χ4n) is 2.48. The Morgan fingerprint density at radius 1 is 1.21 bits per heavy atom. The molecule has 0 aliphatic rings. The molecule has 0 aromatic heterocycles. The van der Waals surface area contributed by atoms with Crippen molar-refractivity contribution >= 4 is 11.7 Å². The number of rotatable bonds is 10. The second kappa shape index (κ2) is 11.5. The summed E-state index contributed by atoms with van der Waals surface area (Å²) in [4.78, 5) is 16.4. The van der Waals surface area contributed by atoms with Crippen LogP contribution in [0.5, 0.6) is 11.5 Å². The molecule has 0 fully saturated rings. The molecule has 2 aromatic rings. The molecule has 0 saturated heterocycles. The first-order chi connectivity index (χ1) is 14.0. The van der Waals surface area contributed by atoms with Crippen LogP contribution in [0.4, 0.5) is 0 Å². The topological polar surface area (TPSA) is 95.2 Å². The predicted molar refractivity (Wildman–Crippen MR) is 113 cm³/mol. The van der Waals surface area contributed by atoms with Gasteiger partial charge in [0.05, 0.1) is 6.61 Å². The third kappa shape index (κ3) is 7.67. The first kappa shape index (κ1) is 22.0. The van der Waals surface area contributed by atoms with E-state index in [1.807, 2.05) is 37.3 Å². The standard InChI is InChI=1S/C22H27N3O4/c1-16(14-27-3)29-20-12-18(22(26)25-21(23)9-10-24-2)11-19(13-20)28-15-17-7-5-4-6-8-17/h4-13,16,24H,14-15H2,1-3H3,(H2,23,25,26)/b10-9-/t16-/m0/s1. The lowest BCUT2D eigenvalue weighted by atomic mass is 10.2. The number of amidine groups is 1. The van der Waals surface area contributed by atoms with E-state index in [0.29, 0.717) is 30.3 Å². The number of carbonyl (C=O) groups is 1. The molecule has 0 aliphatic carbocycles. The van der Waals surface area contributed by atoms with Gasteiger partial charge in [-0.25, -0.2) is 0 Å². The number of amides is 1. The lowest BCUT2D eigenvalue weighted by molar-refractivity contribution is 0.0913. The van der Waals surface area contributed by atoms with Gasteiger partial charge in [0.1, 0.15) is 30.0 Å². The number of ether oxygens (including phenoxy) is 3. The van der Waals surface area contributed by atoms with Gasteiger partial charge in [-0.15, -0.1) is 0 Å². The average molecular weight is 397 g/mol. The van der Waals surface area contributed by atoms with Crippen LogP contribution in [0.25, 0.3) is 0 Å². The van der Waals surface area contributed by atoms with Gasteiger partial charge >= 0.3 is 0 Å². The van der Waals surface area contributed by atoms with Crippen molar-refractivity contribution in [1.82, 2.24) is 5.32 Å². The molecule has 2 rings (SSSR count). The van der Waals surface area contributed by atoms with E-state index in [1.54, 1.807) is 38.6 Å². The molecule has 29 heavy (non-hydrogen) atoms. The molecule has 0 bridgehead atoms. The quantitative estimate of drug-likeness (QED) is 0.473. The number of nitrogens with zero attached hydrogens (tertiary/aromatic N) is 1. The highest BCUT2D eigenvalue weighted by Gasteiger charge is 2.12. The van der Waals surface area contributed by atoms with E-state index < -0.39 is 5.91 Å². The second-order valence-electron chi connectivity index (χ2n) is 6.32. The maximum Gasteiger partial charge on any atom is 0.279 e. The fraction of sp³-hybridized carbons (Fsp3) is 0.273. The molecular weight excluding hydrogens is 370 g/mol. The summed E-state index contributed by atoms with van der Waals surface area (Å²) in [7, 11) is 3.33. The zero-order chi connectivity index (χ0) is 21.1. The summed E-state index contributed by atoms with van der Waals surface area (Å²) in [6.45, 7) is 2.65.